The van der Waals surface area contributed by atoms with Crippen molar-refractivity contribution in [2.45, 2.75) is 56.1 Å². The summed E-state index contributed by atoms with van der Waals surface area (Å²) in [5.41, 5.74) is 2.56. The first-order valence-electron chi connectivity index (χ1n) is 17.6. The van der Waals surface area contributed by atoms with Crippen molar-refractivity contribution in [3.8, 4) is 22.8 Å². The standard InChI is InChI=1S/C19H17ClN8S.C16H21ClN6O2/c1-12(17-22-26-28(25-17)16-4-2-3-14(20)11-16)29-19-24-23-18(27(19)15-5-6-15)13-7-9-21-10-8-13;1-3-25-16(24)22-9-7-21(8-10-22)12(2)15-18-20-23(19-15)14-6-4-5-13(17)11-14/h2-4,7-12,15H,5-6H2,1H3;4-6,11-12H,3,7-10H2,1-2H3. The summed E-state index contributed by atoms with van der Waals surface area (Å²) in [5.74, 6) is 2.15. The molecule has 2 fully saturated rings. The lowest BCUT2D eigenvalue weighted by Crippen LogP contribution is -2.49. The summed E-state index contributed by atoms with van der Waals surface area (Å²) >= 11 is 13.7. The Morgan fingerprint density at radius 2 is 1.44 bits per heavy atom. The van der Waals surface area contributed by atoms with Gasteiger partial charge in [-0.25, -0.2) is 4.79 Å². The molecule has 2 aromatic carbocycles. The largest absolute Gasteiger partial charge is 0.450 e. The summed E-state index contributed by atoms with van der Waals surface area (Å²) in [6.07, 6.45) is 5.58. The molecule has 2 unspecified atom stereocenters. The van der Waals surface area contributed by atoms with Crippen LogP contribution in [0.3, 0.4) is 0 Å². The van der Waals surface area contributed by atoms with Crippen molar-refractivity contribution in [3.05, 3.63) is 94.8 Å². The number of amides is 1. The number of tetrazole rings is 2. The Hall–Kier alpha value is -4.97. The highest BCUT2D eigenvalue weighted by Crippen LogP contribution is 2.43. The number of aromatic nitrogens is 12. The molecular weight excluding hydrogens is 751 g/mol. The molecule has 1 saturated carbocycles. The zero-order chi connectivity index (χ0) is 37.6. The van der Waals surface area contributed by atoms with Crippen molar-refractivity contribution < 1.29 is 9.53 Å². The molecule has 1 amide bonds. The molecule has 16 nitrogen and oxygen atoms in total. The minimum absolute atomic E-state index is 0.0114. The number of carbonyl (C=O) groups is 1. The number of pyridine rings is 1. The second kappa shape index (κ2) is 17.0. The Kier molecular flexibility index (Phi) is 11.8. The summed E-state index contributed by atoms with van der Waals surface area (Å²) in [6, 6.07) is 19.0. The molecular formula is C35H38Cl2N14O2S. The number of rotatable bonds is 10. The predicted molar refractivity (Wildman–Crippen MR) is 203 cm³/mol. The fourth-order valence-electron chi connectivity index (χ4n) is 5.80. The monoisotopic (exact) mass is 788 g/mol. The van der Waals surface area contributed by atoms with Crippen LogP contribution in [0.2, 0.25) is 10.0 Å². The Morgan fingerprint density at radius 1 is 0.833 bits per heavy atom. The van der Waals surface area contributed by atoms with Crippen molar-refractivity contribution in [1.29, 1.82) is 0 Å². The summed E-state index contributed by atoms with van der Waals surface area (Å²) in [5, 5.41) is 36.7. The molecule has 5 heterocycles. The second-order valence-electron chi connectivity index (χ2n) is 12.6. The first-order chi connectivity index (χ1) is 26.3. The molecule has 4 aromatic heterocycles. The van der Waals surface area contributed by atoms with Gasteiger partial charge in [0.05, 0.1) is 29.3 Å². The van der Waals surface area contributed by atoms with Crippen LogP contribution in [-0.2, 0) is 4.74 Å². The highest BCUT2D eigenvalue weighted by Gasteiger charge is 2.32. The third-order valence-corrected chi connectivity index (χ3v) is 10.4. The van der Waals surface area contributed by atoms with Gasteiger partial charge in [-0.1, -0.05) is 47.1 Å². The van der Waals surface area contributed by atoms with Gasteiger partial charge < -0.3 is 9.64 Å². The van der Waals surface area contributed by atoms with Gasteiger partial charge in [0.2, 0.25) is 0 Å². The average Bonchev–Trinajstić information content (AvgIpc) is 3.53. The van der Waals surface area contributed by atoms with Crippen LogP contribution in [-0.4, -0.2) is 109 Å². The zero-order valence-corrected chi connectivity index (χ0v) is 32.2. The summed E-state index contributed by atoms with van der Waals surface area (Å²) in [4.78, 5) is 22.8. The number of thioether (sulfide) groups is 1. The Balaban J connectivity index is 0.000000169. The second-order valence-corrected chi connectivity index (χ2v) is 14.8. The smallest absolute Gasteiger partial charge is 0.409 e. The molecule has 0 spiro atoms. The lowest BCUT2D eigenvalue weighted by atomic mass is 10.2. The number of hydrogen-bond donors (Lipinski definition) is 0. The number of hydrogen-bond acceptors (Lipinski definition) is 13. The molecule has 54 heavy (non-hydrogen) atoms. The van der Waals surface area contributed by atoms with Gasteiger partial charge in [-0.05, 0) is 92.6 Å². The maximum absolute atomic E-state index is 11.8. The van der Waals surface area contributed by atoms with Gasteiger partial charge in [0, 0.05) is 60.2 Å². The van der Waals surface area contributed by atoms with Crippen LogP contribution in [0.15, 0.2) is 78.2 Å². The van der Waals surface area contributed by atoms with E-state index in [0.29, 0.717) is 47.4 Å². The van der Waals surface area contributed by atoms with Crippen LogP contribution in [0.25, 0.3) is 22.8 Å². The quantitative estimate of drug-likeness (QED) is 0.142. The Labute approximate surface area is 325 Å². The Bertz CT molecular complexity index is 2170. The molecule has 8 rings (SSSR count). The van der Waals surface area contributed by atoms with Crippen molar-refractivity contribution in [3.63, 3.8) is 0 Å². The van der Waals surface area contributed by atoms with Crippen LogP contribution in [0.5, 0.6) is 0 Å². The first-order valence-corrected chi connectivity index (χ1v) is 19.2. The van der Waals surface area contributed by atoms with Crippen LogP contribution in [0.1, 0.15) is 62.6 Å². The lowest BCUT2D eigenvalue weighted by molar-refractivity contribution is 0.0673. The molecule has 1 saturated heterocycles. The van der Waals surface area contributed by atoms with Gasteiger partial charge in [-0.15, -0.1) is 40.2 Å². The molecule has 0 bridgehead atoms. The molecule has 6 aromatic rings. The van der Waals surface area contributed by atoms with Gasteiger partial charge in [0.1, 0.15) is 0 Å². The van der Waals surface area contributed by atoms with E-state index in [4.69, 9.17) is 27.9 Å². The average molecular weight is 790 g/mol. The van der Waals surface area contributed by atoms with Crippen LogP contribution in [0.4, 0.5) is 4.79 Å². The SMILES string of the molecule is CC(Sc1nnc(-c2ccncc2)n1C1CC1)c1nnn(-c2cccc(Cl)c2)n1.CCOC(=O)N1CCN(C(C)c2nnn(-c3cccc(Cl)c3)n2)CC1. The third-order valence-electron chi connectivity index (χ3n) is 8.86. The normalized spacial score (nSPS) is 15.7. The van der Waals surface area contributed by atoms with Crippen LogP contribution in [0, 0.1) is 0 Å². The number of benzene rings is 2. The van der Waals surface area contributed by atoms with E-state index in [0.717, 1.165) is 53.9 Å². The number of piperazine rings is 1. The van der Waals surface area contributed by atoms with Gasteiger partial charge >= 0.3 is 6.09 Å². The highest BCUT2D eigenvalue weighted by atomic mass is 35.5. The fourth-order valence-corrected chi connectivity index (χ4v) is 7.12. The third kappa shape index (κ3) is 8.86. The Morgan fingerprint density at radius 3 is 2.04 bits per heavy atom. The molecule has 0 N–H and O–H groups in total. The van der Waals surface area contributed by atoms with Crippen molar-refractivity contribution in [2.24, 2.45) is 0 Å². The summed E-state index contributed by atoms with van der Waals surface area (Å²) in [7, 11) is 0. The minimum Gasteiger partial charge on any atom is -0.450 e. The molecule has 2 atom stereocenters. The number of nitrogens with zero attached hydrogens (tertiary/aromatic N) is 14. The zero-order valence-electron chi connectivity index (χ0n) is 29.9. The van der Waals surface area contributed by atoms with E-state index in [1.54, 1.807) is 47.3 Å². The number of ether oxygens (including phenoxy) is 1. The minimum atomic E-state index is -0.250. The van der Waals surface area contributed by atoms with Gasteiger partial charge in [0.15, 0.2) is 22.6 Å². The van der Waals surface area contributed by atoms with E-state index < -0.39 is 0 Å². The molecule has 280 valence electrons. The highest BCUT2D eigenvalue weighted by molar-refractivity contribution is 7.99. The van der Waals surface area contributed by atoms with Crippen LogP contribution < -0.4 is 0 Å². The maximum Gasteiger partial charge on any atom is 0.409 e. The van der Waals surface area contributed by atoms with E-state index >= 15 is 0 Å². The molecule has 1 aliphatic carbocycles. The van der Waals surface area contributed by atoms with Crippen LogP contribution >= 0.6 is 35.0 Å². The van der Waals surface area contributed by atoms with Gasteiger partial charge in [-0.3, -0.25) is 14.5 Å². The molecule has 1 aliphatic heterocycles. The van der Waals surface area contributed by atoms with E-state index in [9.17, 15) is 4.79 Å². The lowest BCUT2D eigenvalue weighted by Gasteiger charge is -2.36. The number of halogens is 2. The van der Waals surface area contributed by atoms with Gasteiger partial charge in [-0.2, -0.15) is 0 Å². The van der Waals surface area contributed by atoms with Crippen molar-refractivity contribution in [1.82, 2.24) is 70.0 Å². The van der Waals surface area contributed by atoms with E-state index in [-0.39, 0.29) is 17.4 Å². The maximum atomic E-state index is 11.8. The van der Waals surface area contributed by atoms with E-state index in [2.05, 4.69) is 55.5 Å². The summed E-state index contributed by atoms with van der Waals surface area (Å²) < 4.78 is 7.26. The van der Waals surface area contributed by atoms with E-state index in [1.807, 2.05) is 63.2 Å². The number of carbonyl (C=O) groups excluding carboxylic acids is 1. The molecule has 0 radical (unpaired) electrons. The predicted octanol–water partition coefficient (Wildman–Crippen LogP) is 6.31. The van der Waals surface area contributed by atoms with Crippen molar-refractivity contribution in [2.75, 3.05) is 32.8 Å². The van der Waals surface area contributed by atoms with Crippen molar-refractivity contribution >= 4 is 41.1 Å². The topological polar surface area (TPSA) is 164 Å². The van der Waals surface area contributed by atoms with E-state index in [1.165, 1.54) is 9.59 Å². The molecule has 2 aliphatic rings. The summed E-state index contributed by atoms with van der Waals surface area (Å²) in [6.45, 7) is 9.03. The molecule has 19 heteroatoms. The van der Waals surface area contributed by atoms with Gasteiger partial charge in [0.25, 0.3) is 0 Å². The fraction of sp³-hybridized carbons (Fsp3) is 0.371. The first kappa shape index (κ1) is 37.3.